The Hall–Kier alpha value is -1.18. The molecule has 34 heavy (non-hydrogen) atoms. The normalized spacial score (nSPS) is 31.7. The van der Waals surface area contributed by atoms with Crippen LogP contribution in [0.15, 0.2) is 24.8 Å². The van der Waals surface area contributed by atoms with Gasteiger partial charge in [0.2, 0.25) is 0 Å². The molecule has 3 saturated carbocycles. The highest BCUT2D eigenvalue weighted by Gasteiger charge is 2.36. The average molecular weight is 471 g/mol. The largest absolute Gasteiger partial charge is 0.207 e. The van der Waals surface area contributed by atoms with Gasteiger partial charge >= 0.3 is 0 Å². The molecule has 1 aromatic rings. The molecule has 4 rings (SSSR count). The Labute approximate surface area is 208 Å². The van der Waals surface area contributed by atoms with Crippen LogP contribution in [-0.4, -0.2) is 0 Å². The predicted octanol–water partition coefficient (Wildman–Crippen LogP) is 10.2. The van der Waals surface area contributed by atoms with E-state index in [9.17, 15) is 8.78 Å². The lowest BCUT2D eigenvalue weighted by atomic mass is 9.63. The van der Waals surface area contributed by atoms with E-state index >= 15 is 0 Å². The second-order valence-electron chi connectivity index (χ2n) is 12.1. The molecule has 4 unspecified atom stereocenters. The number of fused-ring (bicyclic) bond motifs is 1. The third-order valence-corrected chi connectivity index (χ3v) is 9.87. The summed E-state index contributed by atoms with van der Waals surface area (Å²) in [4.78, 5) is 0. The SMILES string of the molecule is C=CCCc1c(F)cc(C2CCC3CC(CCC4CCC(CCCC)CC4)CCC3C2)cc1F. The molecule has 3 fully saturated rings. The van der Waals surface area contributed by atoms with Crippen molar-refractivity contribution in [2.75, 3.05) is 0 Å². The predicted molar refractivity (Wildman–Crippen MR) is 140 cm³/mol. The molecule has 0 amide bonds. The lowest BCUT2D eigenvalue weighted by Gasteiger charge is -2.43. The molecule has 0 aromatic heterocycles. The van der Waals surface area contributed by atoms with Crippen LogP contribution in [0, 0.1) is 41.2 Å². The van der Waals surface area contributed by atoms with Gasteiger partial charge in [-0.25, -0.2) is 8.78 Å². The minimum Gasteiger partial charge on any atom is -0.207 e. The van der Waals surface area contributed by atoms with Crippen molar-refractivity contribution in [2.45, 2.75) is 122 Å². The lowest BCUT2D eigenvalue weighted by Crippen LogP contribution is -2.31. The van der Waals surface area contributed by atoms with Crippen LogP contribution in [0.4, 0.5) is 8.78 Å². The molecule has 0 saturated heterocycles. The van der Waals surface area contributed by atoms with Gasteiger partial charge in [-0.3, -0.25) is 0 Å². The summed E-state index contributed by atoms with van der Waals surface area (Å²) in [7, 11) is 0. The van der Waals surface area contributed by atoms with Gasteiger partial charge in [0, 0.05) is 5.56 Å². The van der Waals surface area contributed by atoms with Crippen LogP contribution in [0.5, 0.6) is 0 Å². The molecule has 0 nitrogen and oxygen atoms in total. The van der Waals surface area contributed by atoms with Crippen LogP contribution in [0.3, 0.4) is 0 Å². The number of benzene rings is 1. The summed E-state index contributed by atoms with van der Waals surface area (Å²) < 4.78 is 29.2. The van der Waals surface area contributed by atoms with E-state index in [1.54, 1.807) is 18.2 Å². The van der Waals surface area contributed by atoms with Crippen molar-refractivity contribution in [1.82, 2.24) is 0 Å². The van der Waals surface area contributed by atoms with Gasteiger partial charge in [0.1, 0.15) is 11.6 Å². The van der Waals surface area contributed by atoms with Gasteiger partial charge in [0.15, 0.2) is 0 Å². The highest BCUT2D eigenvalue weighted by atomic mass is 19.1. The smallest absolute Gasteiger partial charge is 0.129 e. The maximum atomic E-state index is 14.6. The Morgan fingerprint density at radius 3 is 2.06 bits per heavy atom. The fourth-order valence-electron chi connectivity index (χ4n) is 7.67. The molecule has 0 N–H and O–H groups in total. The van der Waals surface area contributed by atoms with Crippen molar-refractivity contribution in [3.05, 3.63) is 47.5 Å². The van der Waals surface area contributed by atoms with E-state index in [0.29, 0.717) is 18.8 Å². The molecule has 0 aliphatic heterocycles. The third kappa shape index (κ3) is 6.73. The van der Waals surface area contributed by atoms with E-state index < -0.39 is 0 Å². The first-order valence-electron chi connectivity index (χ1n) is 14.7. The molecule has 0 radical (unpaired) electrons. The Bertz CT molecular complexity index is 752. The summed E-state index contributed by atoms with van der Waals surface area (Å²) in [5.41, 5.74) is 1.12. The van der Waals surface area contributed by atoms with Gasteiger partial charge < -0.3 is 0 Å². The van der Waals surface area contributed by atoms with Gasteiger partial charge in [0.25, 0.3) is 0 Å². The molecule has 1 aromatic carbocycles. The Morgan fingerprint density at radius 2 is 1.38 bits per heavy atom. The standard InChI is InChI=1S/C32H48F2/c1-3-5-7-23-9-11-24(12-10-23)13-14-25-15-16-27-20-28(18-17-26(27)19-25)29-21-31(33)30(8-6-4-2)32(34)22-29/h4,21-28H,2-3,5-20H2,1H3. The van der Waals surface area contributed by atoms with Crippen LogP contribution in [-0.2, 0) is 6.42 Å². The molecule has 0 heterocycles. The molecule has 190 valence electrons. The fourth-order valence-corrected chi connectivity index (χ4v) is 7.67. The molecule has 3 aliphatic carbocycles. The zero-order valence-electron chi connectivity index (χ0n) is 21.7. The second kappa shape index (κ2) is 12.7. The zero-order chi connectivity index (χ0) is 23.9. The molecule has 0 bridgehead atoms. The van der Waals surface area contributed by atoms with Crippen molar-refractivity contribution < 1.29 is 8.78 Å². The summed E-state index contributed by atoms with van der Waals surface area (Å²) in [6.07, 6.45) is 23.4. The second-order valence-corrected chi connectivity index (χ2v) is 12.1. The minimum absolute atomic E-state index is 0.229. The molecule has 4 atom stereocenters. The van der Waals surface area contributed by atoms with Crippen LogP contribution >= 0.6 is 0 Å². The van der Waals surface area contributed by atoms with Crippen LogP contribution in [0.2, 0.25) is 0 Å². The highest BCUT2D eigenvalue weighted by molar-refractivity contribution is 5.29. The molecule has 3 aliphatic rings. The number of hydrogen-bond donors (Lipinski definition) is 0. The van der Waals surface area contributed by atoms with Crippen LogP contribution in [0.1, 0.15) is 127 Å². The number of hydrogen-bond acceptors (Lipinski definition) is 0. The molecular formula is C32H48F2. The summed E-state index contributed by atoms with van der Waals surface area (Å²) in [6, 6.07) is 3.27. The summed E-state index contributed by atoms with van der Waals surface area (Å²) >= 11 is 0. The lowest BCUT2D eigenvalue weighted by molar-refractivity contribution is 0.108. The fraction of sp³-hybridized carbons (Fsp3) is 0.750. The first kappa shape index (κ1) is 25.9. The highest BCUT2D eigenvalue weighted by Crippen LogP contribution is 2.49. The van der Waals surface area contributed by atoms with Gasteiger partial charge in [0.05, 0.1) is 0 Å². The summed E-state index contributed by atoms with van der Waals surface area (Å²) in [5, 5.41) is 0. The van der Waals surface area contributed by atoms with Crippen molar-refractivity contribution in [3.8, 4) is 0 Å². The third-order valence-electron chi connectivity index (χ3n) is 9.87. The molecule has 2 heteroatoms. The number of unbranched alkanes of at least 4 members (excludes halogenated alkanes) is 1. The number of allylic oxidation sites excluding steroid dienone is 1. The van der Waals surface area contributed by atoms with Gasteiger partial charge in [-0.15, -0.1) is 6.58 Å². The number of rotatable bonds is 10. The van der Waals surface area contributed by atoms with E-state index in [0.717, 1.165) is 48.0 Å². The van der Waals surface area contributed by atoms with Gasteiger partial charge in [-0.1, -0.05) is 77.2 Å². The monoisotopic (exact) mass is 470 g/mol. The van der Waals surface area contributed by atoms with E-state index in [1.165, 1.54) is 83.5 Å². The summed E-state index contributed by atoms with van der Waals surface area (Å²) in [5.74, 6) is 4.16. The topological polar surface area (TPSA) is 0 Å². The first-order chi connectivity index (χ1) is 16.6. The average Bonchev–Trinajstić information content (AvgIpc) is 2.86. The number of halogens is 2. The van der Waals surface area contributed by atoms with E-state index in [2.05, 4.69) is 13.5 Å². The maximum absolute atomic E-state index is 14.6. The Balaban J connectivity index is 1.22. The van der Waals surface area contributed by atoms with Crippen molar-refractivity contribution in [3.63, 3.8) is 0 Å². The van der Waals surface area contributed by atoms with Crippen LogP contribution < -0.4 is 0 Å². The van der Waals surface area contributed by atoms with E-state index in [-0.39, 0.29) is 17.2 Å². The summed E-state index contributed by atoms with van der Waals surface area (Å²) in [6.45, 7) is 5.99. The minimum atomic E-state index is -0.359. The molecule has 0 spiro atoms. The van der Waals surface area contributed by atoms with Gasteiger partial charge in [-0.2, -0.15) is 0 Å². The quantitative estimate of drug-likeness (QED) is 0.298. The van der Waals surface area contributed by atoms with Crippen molar-refractivity contribution in [1.29, 1.82) is 0 Å². The maximum Gasteiger partial charge on any atom is 0.129 e. The van der Waals surface area contributed by atoms with E-state index in [4.69, 9.17) is 0 Å². The van der Waals surface area contributed by atoms with Gasteiger partial charge in [-0.05, 0) is 98.1 Å². The van der Waals surface area contributed by atoms with E-state index in [1.807, 2.05) is 0 Å². The molecular weight excluding hydrogens is 422 g/mol. The van der Waals surface area contributed by atoms with Crippen LogP contribution in [0.25, 0.3) is 0 Å². The van der Waals surface area contributed by atoms with Crippen molar-refractivity contribution in [2.24, 2.45) is 29.6 Å². The van der Waals surface area contributed by atoms with Crippen molar-refractivity contribution >= 4 is 0 Å². The zero-order valence-corrected chi connectivity index (χ0v) is 21.7. The first-order valence-corrected chi connectivity index (χ1v) is 14.7. The Morgan fingerprint density at radius 1 is 0.794 bits per heavy atom. The Kier molecular flexibility index (Phi) is 9.66.